The molecular formula is C18H21Cl2NO2. The van der Waals surface area contributed by atoms with Gasteiger partial charge in [-0.25, -0.2) is 0 Å². The maximum Gasteiger partial charge on any atom is 0.121 e. The van der Waals surface area contributed by atoms with Crippen molar-refractivity contribution in [2.75, 3.05) is 13.1 Å². The zero-order valence-electron chi connectivity index (χ0n) is 13.0. The quantitative estimate of drug-likeness (QED) is 0.714. The molecule has 0 heterocycles. The van der Waals surface area contributed by atoms with Gasteiger partial charge in [0.15, 0.2) is 0 Å². The molecule has 0 fully saturated rings. The van der Waals surface area contributed by atoms with Gasteiger partial charge in [0.25, 0.3) is 0 Å². The Kier molecular flexibility index (Phi) is 6.45. The molecule has 3 N–H and O–H groups in total. The fraction of sp³-hybridized carbons (Fsp3) is 0.333. The number of aliphatic hydroxyl groups excluding tert-OH is 1. The van der Waals surface area contributed by atoms with Gasteiger partial charge in [0.05, 0.1) is 6.10 Å². The highest BCUT2D eigenvalue weighted by molar-refractivity contribution is 6.33. The predicted molar refractivity (Wildman–Crippen MR) is 95.1 cm³/mol. The van der Waals surface area contributed by atoms with E-state index in [0.29, 0.717) is 27.7 Å². The second kappa shape index (κ2) is 8.13. The molecule has 0 radical (unpaired) electrons. The van der Waals surface area contributed by atoms with E-state index in [4.69, 9.17) is 23.2 Å². The first-order chi connectivity index (χ1) is 11.0. The summed E-state index contributed by atoms with van der Waals surface area (Å²) in [5.41, 5.74) is -0.125. The Morgan fingerprint density at radius 3 is 2.48 bits per heavy atom. The minimum absolute atomic E-state index is 0.170. The number of hydrogen-bond acceptors (Lipinski definition) is 3. The van der Waals surface area contributed by atoms with Crippen LogP contribution < -0.4 is 5.32 Å². The molecule has 23 heavy (non-hydrogen) atoms. The van der Waals surface area contributed by atoms with E-state index < -0.39 is 11.7 Å². The average Bonchev–Trinajstić information content (AvgIpc) is 2.56. The third-order valence-electron chi connectivity index (χ3n) is 3.88. The molecule has 0 aliphatic carbocycles. The van der Waals surface area contributed by atoms with E-state index in [1.165, 1.54) is 0 Å². The van der Waals surface area contributed by atoms with Crippen LogP contribution in [-0.2, 0) is 12.0 Å². The molecule has 2 aromatic carbocycles. The summed E-state index contributed by atoms with van der Waals surface area (Å²) >= 11 is 12.3. The summed E-state index contributed by atoms with van der Waals surface area (Å²) in [6.45, 7) is 2.93. The van der Waals surface area contributed by atoms with Crippen LogP contribution in [0.4, 0.5) is 0 Å². The molecule has 124 valence electrons. The summed E-state index contributed by atoms with van der Waals surface area (Å²) in [5, 5.41) is 26.0. The van der Waals surface area contributed by atoms with Crippen LogP contribution in [0.1, 0.15) is 18.1 Å². The fourth-order valence-electron chi connectivity index (χ4n) is 2.56. The highest BCUT2D eigenvalue weighted by atomic mass is 35.5. The van der Waals surface area contributed by atoms with E-state index in [0.717, 1.165) is 0 Å². The molecule has 1 unspecified atom stereocenters. The SMILES string of the molecule is CCNC[C@H](O)C(O)(Cc1cc(Cl)ccc1Cl)c1ccccc1. The van der Waals surface area contributed by atoms with Crippen molar-refractivity contribution in [1.82, 2.24) is 5.32 Å². The molecule has 2 aromatic rings. The number of hydrogen-bond donors (Lipinski definition) is 3. The summed E-state index contributed by atoms with van der Waals surface area (Å²) in [6.07, 6.45) is -0.817. The largest absolute Gasteiger partial charge is 0.388 e. The summed E-state index contributed by atoms with van der Waals surface area (Å²) in [6, 6.07) is 14.2. The normalized spacial score (nSPS) is 15.2. The third-order valence-corrected chi connectivity index (χ3v) is 4.48. The molecule has 2 rings (SSSR count). The van der Waals surface area contributed by atoms with Gasteiger partial charge in [-0.3, -0.25) is 0 Å². The van der Waals surface area contributed by atoms with Gasteiger partial charge in [0.2, 0.25) is 0 Å². The van der Waals surface area contributed by atoms with E-state index >= 15 is 0 Å². The molecule has 3 nitrogen and oxygen atoms in total. The Morgan fingerprint density at radius 2 is 1.83 bits per heavy atom. The lowest BCUT2D eigenvalue weighted by Gasteiger charge is -2.34. The smallest absolute Gasteiger partial charge is 0.121 e. The molecular weight excluding hydrogens is 333 g/mol. The van der Waals surface area contributed by atoms with Crippen LogP contribution in [0.5, 0.6) is 0 Å². The second-order valence-electron chi connectivity index (χ2n) is 5.53. The monoisotopic (exact) mass is 353 g/mol. The fourth-order valence-corrected chi connectivity index (χ4v) is 2.94. The summed E-state index contributed by atoms with van der Waals surface area (Å²) in [4.78, 5) is 0. The van der Waals surface area contributed by atoms with Crippen molar-refractivity contribution in [3.05, 3.63) is 69.7 Å². The number of nitrogens with one attached hydrogen (secondary N) is 1. The first kappa shape index (κ1) is 18.2. The van der Waals surface area contributed by atoms with Crippen LogP contribution >= 0.6 is 23.2 Å². The maximum absolute atomic E-state index is 11.3. The van der Waals surface area contributed by atoms with Gasteiger partial charge >= 0.3 is 0 Å². The first-order valence-corrected chi connectivity index (χ1v) is 8.33. The van der Waals surface area contributed by atoms with Gasteiger partial charge in [-0.1, -0.05) is 60.5 Å². The van der Waals surface area contributed by atoms with Crippen molar-refractivity contribution in [2.45, 2.75) is 25.0 Å². The van der Waals surface area contributed by atoms with Gasteiger partial charge in [-0.2, -0.15) is 0 Å². The van der Waals surface area contributed by atoms with Crippen molar-refractivity contribution in [2.24, 2.45) is 0 Å². The molecule has 0 amide bonds. The summed E-state index contributed by atoms with van der Waals surface area (Å²) < 4.78 is 0. The molecule has 0 saturated heterocycles. The number of likely N-dealkylation sites (N-methyl/N-ethyl adjacent to an activating group) is 1. The number of rotatable bonds is 7. The van der Waals surface area contributed by atoms with Crippen molar-refractivity contribution in [3.63, 3.8) is 0 Å². The third kappa shape index (κ3) is 4.46. The Labute approximate surface area is 146 Å². The van der Waals surface area contributed by atoms with Gasteiger partial charge in [-0.15, -0.1) is 0 Å². The maximum atomic E-state index is 11.3. The molecule has 0 aliphatic heterocycles. The zero-order chi connectivity index (χ0) is 16.9. The van der Waals surface area contributed by atoms with Crippen molar-refractivity contribution >= 4 is 23.2 Å². The molecule has 0 aliphatic rings. The van der Waals surface area contributed by atoms with Crippen LogP contribution in [0.2, 0.25) is 10.0 Å². The molecule has 2 atom stereocenters. The highest BCUT2D eigenvalue weighted by Crippen LogP contribution is 2.33. The lowest BCUT2D eigenvalue weighted by atomic mass is 9.82. The van der Waals surface area contributed by atoms with Gasteiger partial charge < -0.3 is 15.5 Å². The van der Waals surface area contributed by atoms with E-state index in [2.05, 4.69) is 5.32 Å². The summed E-state index contributed by atoms with van der Waals surface area (Å²) in [5.74, 6) is 0. The average molecular weight is 354 g/mol. The first-order valence-electron chi connectivity index (χ1n) is 7.58. The van der Waals surface area contributed by atoms with Gasteiger partial charge in [0, 0.05) is 23.0 Å². The van der Waals surface area contributed by atoms with E-state index in [1.54, 1.807) is 30.3 Å². The van der Waals surface area contributed by atoms with Crippen molar-refractivity contribution in [3.8, 4) is 0 Å². The lowest BCUT2D eigenvalue weighted by molar-refractivity contribution is -0.0786. The molecule has 0 saturated carbocycles. The van der Waals surface area contributed by atoms with Gasteiger partial charge in [-0.05, 0) is 35.9 Å². The van der Waals surface area contributed by atoms with E-state index in [9.17, 15) is 10.2 Å². The minimum Gasteiger partial charge on any atom is -0.388 e. The second-order valence-corrected chi connectivity index (χ2v) is 6.37. The molecule has 5 heteroatoms. The predicted octanol–water partition coefficient (Wildman–Crippen LogP) is 3.39. The molecule has 0 aromatic heterocycles. The standard InChI is InChI=1S/C18H21Cl2NO2/c1-2-21-12-17(22)18(23,14-6-4-3-5-7-14)11-13-10-15(19)8-9-16(13)20/h3-10,17,21-23H,2,11-12H2,1H3/t17-,18?/m0/s1. The topological polar surface area (TPSA) is 52.5 Å². The van der Waals surface area contributed by atoms with Gasteiger partial charge in [0.1, 0.15) is 5.60 Å². The molecule has 0 spiro atoms. The number of aliphatic hydroxyl groups is 2. The zero-order valence-corrected chi connectivity index (χ0v) is 14.5. The van der Waals surface area contributed by atoms with Crippen LogP contribution in [0, 0.1) is 0 Å². The Bertz CT molecular complexity index is 636. The Balaban J connectivity index is 2.39. The van der Waals surface area contributed by atoms with Crippen LogP contribution in [0.15, 0.2) is 48.5 Å². The van der Waals surface area contributed by atoms with Crippen LogP contribution in [0.25, 0.3) is 0 Å². The van der Waals surface area contributed by atoms with Crippen LogP contribution in [0.3, 0.4) is 0 Å². The Morgan fingerprint density at radius 1 is 1.13 bits per heavy atom. The minimum atomic E-state index is -1.46. The summed E-state index contributed by atoms with van der Waals surface area (Å²) in [7, 11) is 0. The van der Waals surface area contributed by atoms with Crippen molar-refractivity contribution in [1.29, 1.82) is 0 Å². The Hall–Kier alpha value is -1.10. The van der Waals surface area contributed by atoms with E-state index in [1.807, 2.05) is 25.1 Å². The number of halogens is 2. The van der Waals surface area contributed by atoms with E-state index in [-0.39, 0.29) is 13.0 Å². The van der Waals surface area contributed by atoms with Crippen molar-refractivity contribution < 1.29 is 10.2 Å². The number of benzene rings is 2. The van der Waals surface area contributed by atoms with Crippen LogP contribution in [-0.4, -0.2) is 29.4 Å². The molecule has 0 bridgehead atoms. The lowest BCUT2D eigenvalue weighted by Crippen LogP contribution is -2.47. The highest BCUT2D eigenvalue weighted by Gasteiger charge is 2.37.